The van der Waals surface area contributed by atoms with Crippen molar-refractivity contribution in [3.63, 3.8) is 0 Å². The van der Waals surface area contributed by atoms with E-state index in [1.165, 1.54) is 11.3 Å². The van der Waals surface area contributed by atoms with Gasteiger partial charge in [0, 0.05) is 18.2 Å². The Bertz CT molecular complexity index is 913. The van der Waals surface area contributed by atoms with E-state index >= 15 is 0 Å². The predicted molar refractivity (Wildman–Crippen MR) is 99.1 cm³/mol. The van der Waals surface area contributed by atoms with Crippen LogP contribution in [0, 0.1) is 5.41 Å². The molecule has 142 valence electrons. The maximum Gasteiger partial charge on any atom is 0.324 e. The Morgan fingerprint density at radius 2 is 2.07 bits per heavy atom. The van der Waals surface area contributed by atoms with Gasteiger partial charge in [-0.2, -0.15) is 0 Å². The first-order chi connectivity index (χ1) is 12.9. The van der Waals surface area contributed by atoms with Crippen LogP contribution in [0.5, 0.6) is 5.75 Å². The van der Waals surface area contributed by atoms with Gasteiger partial charge in [-0.3, -0.25) is 9.59 Å². The van der Waals surface area contributed by atoms with Crippen molar-refractivity contribution in [3.05, 3.63) is 35.3 Å². The summed E-state index contributed by atoms with van der Waals surface area (Å²) >= 11 is 1.40. The molecule has 0 radical (unpaired) electrons. The van der Waals surface area contributed by atoms with Crippen molar-refractivity contribution in [2.24, 2.45) is 5.41 Å². The van der Waals surface area contributed by atoms with Gasteiger partial charge in [0.1, 0.15) is 11.9 Å². The van der Waals surface area contributed by atoms with Crippen LogP contribution >= 0.6 is 11.3 Å². The van der Waals surface area contributed by atoms with E-state index in [1.54, 1.807) is 21.0 Å². The molecule has 27 heavy (non-hydrogen) atoms. The molecular formula is C19H20N2O5S. The Morgan fingerprint density at radius 3 is 2.78 bits per heavy atom. The molecule has 0 saturated carbocycles. The molecule has 1 aromatic carbocycles. The predicted octanol–water partition coefficient (Wildman–Crippen LogP) is 3.38. The Balaban J connectivity index is 1.58. The molecule has 1 aromatic heterocycles. The topological polar surface area (TPSA) is 86.8 Å². The average Bonchev–Trinajstić information content (AvgIpc) is 3.27. The maximum atomic E-state index is 12.5. The second-order valence-corrected chi connectivity index (χ2v) is 8.02. The third-order valence-corrected chi connectivity index (χ3v) is 5.83. The van der Waals surface area contributed by atoms with Gasteiger partial charge in [0.05, 0.1) is 18.5 Å². The van der Waals surface area contributed by atoms with Gasteiger partial charge in [0.2, 0.25) is 0 Å². The van der Waals surface area contributed by atoms with E-state index in [2.05, 4.69) is 10.3 Å². The minimum absolute atomic E-state index is 0.236. The molecule has 0 unspecified atom stereocenters. The Morgan fingerprint density at radius 1 is 1.30 bits per heavy atom. The standard InChI is InChI=1S/C19H20N2O5S/c1-11-8-19(15(22)25-11)10-18(2,26-16(19)23)14-9-27-17(21-14)20-12-6-4-5-7-13(12)24-3/h4-7,9,11H,8,10H2,1-3H3,(H,20,21)/t11-,18+,19-/m0/s1. The summed E-state index contributed by atoms with van der Waals surface area (Å²) in [6, 6.07) is 7.53. The first-order valence-corrected chi connectivity index (χ1v) is 9.55. The lowest BCUT2D eigenvalue weighted by atomic mass is 9.78. The molecule has 2 saturated heterocycles. The number of aromatic nitrogens is 1. The van der Waals surface area contributed by atoms with E-state index in [1.807, 2.05) is 29.6 Å². The molecule has 8 heteroatoms. The van der Waals surface area contributed by atoms with Crippen molar-refractivity contribution in [1.82, 2.24) is 4.98 Å². The van der Waals surface area contributed by atoms with E-state index in [0.29, 0.717) is 23.0 Å². The number of anilines is 2. The molecule has 7 nitrogen and oxygen atoms in total. The fourth-order valence-electron chi connectivity index (χ4n) is 3.79. The minimum atomic E-state index is -1.21. The zero-order chi connectivity index (χ0) is 19.2. The van der Waals surface area contributed by atoms with Gasteiger partial charge in [-0.15, -0.1) is 11.3 Å². The molecule has 3 heterocycles. The van der Waals surface area contributed by atoms with Crippen LogP contribution in [0.1, 0.15) is 32.4 Å². The number of carbonyl (C=O) groups is 2. The lowest BCUT2D eigenvalue weighted by Gasteiger charge is -2.20. The summed E-state index contributed by atoms with van der Waals surface area (Å²) in [7, 11) is 1.61. The Labute approximate surface area is 160 Å². The van der Waals surface area contributed by atoms with Crippen LogP contribution in [0.25, 0.3) is 0 Å². The van der Waals surface area contributed by atoms with Crippen LogP contribution in [0.4, 0.5) is 10.8 Å². The van der Waals surface area contributed by atoms with Gasteiger partial charge in [-0.1, -0.05) is 12.1 Å². The highest BCUT2D eigenvalue weighted by molar-refractivity contribution is 7.13. The van der Waals surface area contributed by atoms with Crippen molar-refractivity contribution in [2.75, 3.05) is 12.4 Å². The molecule has 0 bridgehead atoms. The fourth-order valence-corrected chi connectivity index (χ4v) is 4.63. The second-order valence-electron chi connectivity index (χ2n) is 7.16. The van der Waals surface area contributed by atoms with Crippen molar-refractivity contribution in [2.45, 2.75) is 38.4 Å². The number of nitrogens with zero attached hydrogens (tertiary/aromatic N) is 1. The summed E-state index contributed by atoms with van der Waals surface area (Å²) < 4.78 is 16.2. The first kappa shape index (κ1) is 17.8. The molecule has 0 amide bonds. The van der Waals surface area contributed by atoms with Gasteiger partial charge < -0.3 is 19.5 Å². The number of thiazole rings is 1. The van der Waals surface area contributed by atoms with Crippen molar-refractivity contribution in [3.8, 4) is 5.75 Å². The number of cyclic esters (lactones) is 2. The van der Waals surface area contributed by atoms with E-state index in [0.717, 1.165) is 5.69 Å². The molecule has 1 spiro atoms. The zero-order valence-electron chi connectivity index (χ0n) is 15.3. The summed E-state index contributed by atoms with van der Waals surface area (Å²) in [4.78, 5) is 29.4. The number of nitrogens with one attached hydrogen (secondary N) is 1. The summed E-state index contributed by atoms with van der Waals surface area (Å²) in [5.74, 6) is -0.313. The molecule has 3 atom stereocenters. The molecule has 2 fully saturated rings. The molecule has 1 N–H and O–H groups in total. The zero-order valence-corrected chi connectivity index (χ0v) is 16.1. The lowest BCUT2D eigenvalue weighted by Crippen LogP contribution is -2.31. The third kappa shape index (κ3) is 2.84. The molecule has 2 aromatic rings. The van der Waals surface area contributed by atoms with Gasteiger partial charge >= 0.3 is 11.9 Å². The largest absolute Gasteiger partial charge is 0.495 e. The first-order valence-electron chi connectivity index (χ1n) is 8.67. The molecule has 4 rings (SSSR count). The van der Waals surface area contributed by atoms with Crippen LogP contribution < -0.4 is 10.1 Å². The molecule has 2 aliphatic rings. The summed E-state index contributed by atoms with van der Waals surface area (Å²) in [5, 5.41) is 5.71. The Hall–Kier alpha value is -2.61. The average molecular weight is 388 g/mol. The number of methoxy groups -OCH3 is 1. The van der Waals surface area contributed by atoms with Gasteiger partial charge in [0.25, 0.3) is 0 Å². The Kier molecular flexibility index (Phi) is 4.10. The summed E-state index contributed by atoms with van der Waals surface area (Å²) in [6.07, 6.45) is 0.293. The van der Waals surface area contributed by atoms with Crippen LogP contribution in [0.2, 0.25) is 0 Å². The highest BCUT2D eigenvalue weighted by Gasteiger charge is 2.65. The maximum absolute atomic E-state index is 12.5. The van der Waals surface area contributed by atoms with Crippen LogP contribution in [0.15, 0.2) is 29.6 Å². The van der Waals surface area contributed by atoms with Crippen LogP contribution in [-0.2, 0) is 24.7 Å². The van der Waals surface area contributed by atoms with E-state index < -0.39 is 23.0 Å². The monoisotopic (exact) mass is 388 g/mol. The summed E-state index contributed by atoms with van der Waals surface area (Å²) in [6.45, 7) is 3.57. The third-order valence-electron chi connectivity index (χ3n) is 5.08. The quantitative estimate of drug-likeness (QED) is 0.635. The molecule has 2 aliphatic heterocycles. The second kappa shape index (κ2) is 6.23. The van der Waals surface area contributed by atoms with Crippen LogP contribution in [0.3, 0.4) is 0 Å². The number of hydrogen-bond donors (Lipinski definition) is 1. The summed E-state index contributed by atoms with van der Waals surface area (Å²) in [5.41, 5.74) is -0.771. The number of rotatable bonds is 4. The van der Waals surface area contributed by atoms with E-state index in [9.17, 15) is 9.59 Å². The number of esters is 2. The SMILES string of the molecule is COc1ccccc1Nc1nc([C@@]2(C)C[C@]3(C[C@H](C)OC3=O)C(=O)O2)cs1. The van der Waals surface area contributed by atoms with Crippen molar-refractivity contribution in [1.29, 1.82) is 0 Å². The number of ether oxygens (including phenoxy) is 3. The number of para-hydroxylation sites is 2. The number of carbonyl (C=O) groups excluding carboxylic acids is 2. The minimum Gasteiger partial charge on any atom is -0.495 e. The van der Waals surface area contributed by atoms with Gasteiger partial charge in [0.15, 0.2) is 16.1 Å². The number of benzene rings is 1. The molecule has 0 aliphatic carbocycles. The van der Waals surface area contributed by atoms with Gasteiger partial charge in [-0.25, -0.2) is 4.98 Å². The normalized spacial score (nSPS) is 29.7. The van der Waals surface area contributed by atoms with Crippen molar-refractivity contribution >= 4 is 34.1 Å². The van der Waals surface area contributed by atoms with E-state index in [-0.39, 0.29) is 12.5 Å². The lowest BCUT2D eigenvalue weighted by molar-refractivity contribution is -0.160. The smallest absolute Gasteiger partial charge is 0.324 e. The highest BCUT2D eigenvalue weighted by atomic mass is 32.1. The number of hydrogen-bond acceptors (Lipinski definition) is 8. The highest BCUT2D eigenvalue weighted by Crippen LogP contribution is 2.52. The van der Waals surface area contributed by atoms with E-state index in [4.69, 9.17) is 14.2 Å². The van der Waals surface area contributed by atoms with Gasteiger partial charge in [-0.05, 0) is 26.0 Å². The molecular weight excluding hydrogens is 368 g/mol. The fraction of sp³-hybridized carbons (Fsp3) is 0.421. The van der Waals surface area contributed by atoms with Crippen LogP contribution in [-0.4, -0.2) is 30.1 Å². The van der Waals surface area contributed by atoms with Crippen molar-refractivity contribution < 1.29 is 23.8 Å².